The fraction of sp³-hybridized carbons (Fsp3) is 0.500. The summed E-state index contributed by atoms with van der Waals surface area (Å²) in [4.78, 5) is 21.4. The van der Waals surface area contributed by atoms with Crippen molar-refractivity contribution >= 4 is 45.7 Å². The van der Waals surface area contributed by atoms with Gasteiger partial charge < -0.3 is 13.5 Å². The average molecular weight is 945 g/mol. The summed E-state index contributed by atoms with van der Waals surface area (Å²) < 4.78 is 22.0. The molecule has 9 rings (SSSR count). The third-order valence-corrected chi connectivity index (χ3v) is 8.95. The lowest BCUT2D eigenvalue weighted by atomic mass is 10.5. The molecule has 0 aromatic carbocycles. The number of rotatable bonds is 0. The van der Waals surface area contributed by atoms with E-state index in [9.17, 15) is 0 Å². The fourth-order valence-corrected chi connectivity index (χ4v) is 6.04. The minimum atomic E-state index is 0.623. The van der Waals surface area contributed by atoms with Gasteiger partial charge in [0.05, 0.1) is 14.1 Å². The van der Waals surface area contributed by atoms with E-state index in [0.717, 1.165) is 31.7 Å². The maximum Gasteiger partial charge on any atom is 0.223 e. The van der Waals surface area contributed by atoms with E-state index >= 15 is 0 Å². The molecule has 23 nitrogen and oxygen atoms in total. The maximum atomic E-state index is 4.86. The van der Waals surface area contributed by atoms with Crippen LogP contribution < -0.4 is 0 Å². The van der Waals surface area contributed by atoms with Crippen molar-refractivity contribution < 1.29 is 13.5 Å². The predicted molar refractivity (Wildman–Crippen MR) is 240 cm³/mol. The van der Waals surface area contributed by atoms with Crippen molar-refractivity contribution in [2.75, 3.05) is 0 Å². The van der Waals surface area contributed by atoms with Gasteiger partial charge in [0.2, 0.25) is 23.6 Å². The second kappa shape index (κ2) is 30.1. The zero-order valence-electron chi connectivity index (χ0n) is 39.0. The fourth-order valence-electron chi connectivity index (χ4n) is 3.71. The lowest BCUT2D eigenvalue weighted by molar-refractivity contribution is 0.389. The zero-order chi connectivity index (χ0) is 47.5. The number of hydrogen-bond donors (Lipinski definition) is 0. The Morgan fingerprint density at radius 2 is 0.778 bits per heavy atom. The first-order valence-electron chi connectivity index (χ1n) is 18.6. The maximum absolute atomic E-state index is 4.86. The molecule has 63 heavy (non-hydrogen) atoms. The van der Waals surface area contributed by atoms with Gasteiger partial charge in [-0.05, 0) is 129 Å². The lowest BCUT2D eigenvalue weighted by Crippen LogP contribution is -1.91. The van der Waals surface area contributed by atoms with Crippen molar-refractivity contribution in [3.63, 3.8) is 0 Å². The molecule has 0 fully saturated rings. The lowest BCUT2D eigenvalue weighted by Gasteiger charge is -1.73. The Balaban J connectivity index is 0.000000354. The van der Waals surface area contributed by atoms with Crippen molar-refractivity contribution in [2.45, 2.75) is 111 Å². The van der Waals surface area contributed by atoms with Gasteiger partial charge in [0.1, 0.15) is 31.7 Å². The van der Waals surface area contributed by atoms with E-state index in [2.05, 4.69) is 125 Å². The Morgan fingerprint density at radius 1 is 0.397 bits per heavy atom. The summed E-state index contributed by atoms with van der Waals surface area (Å²) in [6.45, 7) is 30.1. The standard InChI is InChI=1S/C6H8S.3C4H6N2O.3C4H6N2S.2C3H6N4/c1-5-3-4-6(2)7-5;1-3-5-6-4(2)7-3;2*1-3-5-4(2)7-6-3;1-3-5-6-4(2)7-3;2*1-3-5-4(2)7-6-3;2*1-3-4-6-7(2)5-3/h3-4H,1-2H3;8*1-2H3. The summed E-state index contributed by atoms with van der Waals surface area (Å²) in [5, 5.41) is 48.0. The largest absolute Gasteiger partial charge is 0.426 e. The first-order valence-corrected chi connectivity index (χ1v) is 21.8. The van der Waals surface area contributed by atoms with E-state index in [1.165, 1.54) is 42.4 Å². The SMILES string of the molecule is Cc1ccc(C)s1.Cc1nnc(C)o1.Cc1nnc(C)s1.Cc1nnn(C)n1.Cc1nnn(C)n1.Cc1noc(C)n1.Cc1noc(C)n1.Cc1nsc(C)n1.Cc1nsc(C)n1. The molecular formula is C36H56N20O3S4. The Labute approximate surface area is 382 Å². The highest BCUT2D eigenvalue weighted by Crippen LogP contribution is 2.12. The number of tetrazole rings is 2. The van der Waals surface area contributed by atoms with Crippen LogP contribution in [0.25, 0.3) is 0 Å². The van der Waals surface area contributed by atoms with Crippen LogP contribution in [0.3, 0.4) is 0 Å². The predicted octanol–water partition coefficient (Wildman–Crippen LogP) is 6.93. The molecule has 0 spiro atoms. The first kappa shape index (κ1) is 55.0. The van der Waals surface area contributed by atoms with Crippen molar-refractivity contribution in [1.82, 2.24) is 99.8 Å². The second-order valence-corrected chi connectivity index (χ2v) is 17.2. The van der Waals surface area contributed by atoms with Gasteiger partial charge >= 0.3 is 0 Å². The van der Waals surface area contributed by atoms with Gasteiger partial charge in [0.15, 0.2) is 23.3 Å². The van der Waals surface area contributed by atoms with Crippen LogP contribution in [0.5, 0.6) is 0 Å². The molecule has 0 radical (unpaired) electrons. The number of aryl methyl sites for hydroxylation is 18. The summed E-state index contributed by atoms with van der Waals surface area (Å²) in [7, 11) is 3.47. The molecule has 9 aromatic heterocycles. The number of hydrogen-bond acceptors (Lipinski definition) is 25. The van der Waals surface area contributed by atoms with Gasteiger partial charge in [0, 0.05) is 37.4 Å². The smallest absolute Gasteiger partial charge is 0.223 e. The van der Waals surface area contributed by atoms with Crippen LogP contribution in [0.15, 0.2) is 25.6 Å². The molecule has 0 aliphatic carbocycles. The van der Waals surface area contributed by atoms with Crippen molar-refractivity contribution in [2.24, 2.45) is 14.1 Å². The van der Waals surface area contributed by atoms with Crippen LogP contribution in [0.2, 0.25) is 0 Å². The number of aromatic nitrogens is 20. The Hall–Kier alpha value is -6.06. The summed E-state index contributed by atoms with van der Waals surface area (Å²) in [5.41, 5.74) is 0. The summed E-state index contributed by atoms with van der Waals surface area (Å²) in [6.07, 6.45) is 0. The molecule has 0 unspecified atom stereocenters. The van der Waals surface area contributed by atoms with E-state index in [-0.39, 0.29) is 0 Å². The van der Waals surface area contributed by atoms with Crippen molar-refractivity contribution in [3.05, 3.63) is 100 Å². The Kier molecular flexibility index (Phi) is 26.2. The average Bonchev–Trinajstić information content (AvgIpc) is 4.08. The van der Waals surface area contributed by atoms with E-state index in [0.29, 0.717) is 46.9 Å². The van der Waals surface area contributed by atoms with E-state index < -0.39 is 0 Å². The van der Waals surface area contributed by atoms with E-state index in [4.69, 9.17) is 4.42 Å². The minimum Gasteiger partial charge on any atom is -0.426 e. The molecular weight excluding hydrogens is 889 g/mol. The van der Waals surface area contributed by atoms with Crippen LogP contribution in [0.4, 0.5) is 0 Å². The highest BCUT2D eigenvalue weighted by molar-refractivity contribution is 7.11. The Bertz CT molecular complexity index is 1830. The molecule has 0 atom stereocenters. The van der Waals surface area contributed by atoms with Gasteiger partial charge in [-0.25, -0.2) is 9.97 Å². The van der Waals surface area contributed by atoms with Crippen LogP contribution in [-0.4, -0.2) is 99.8 Å². The summed E-state index contributed by atoms with van der Waals surface area (Å²) in [5.74, 6) is 7.05. The van der Waals surface area contributed by atoms with Gasteiger partial charge in [0.25, 0.3) is 0 Å². The molecule has 0 saturated carbocycles. The molecule has 27 heteroatoms. The van der Waals surface area contributed by atoms with Crippen molar-refractivity contribution in [1.29, 1.82) is 0 Å². The molecule has 0 saturated heterocycles. The molecule has 0 amide bonds. The van der Waals surface area contributed by atoms with E-state index in [1.807, 2.05) is 52.9 Å². The van der Waals surface area contributed by atoms with Crippen LogP contribution in [-0.2, 0) is 14.1 Å². The number of nitrogens with zero attached hydrogens (tertiary/aromatic N) is 20. The Morgan fingerprint density at radius 3 is 0.873 bits per heavy atom. The zero-order valence-corrected chi connectivity index (χ0v) is 42.2. The first-order chi connectivity index (χ1) is 29.6. The third-order valence-electron chi connectivity index (χ3n) is 5.86. The molecule has 0 aliphatic rings. The molecule has 0 N–H and O–H groups in total. The van der Waals surface area contributed by atoms with Crippen molar-refractivity contribution in [3.8, 4) is 0 Å². The van der Waals surface area contributed by atoms with Gasteiger partial charge in [-0.15, -0.1) is 63.5 Å². The summed E-state index contributed by atoms with van der Waals surface area (Å²) >= 11 is 6.35. The van der Waals surface area contributed by atoms with Crippen LogP contribution in [0, 0.1) is 111 Å². The molecule has 9 heterocycles. The quantitative estimate of drug-likeness (QED) is 0.149. The molecule has 0 aliphatic heterocycles. The summed E-state index contributed by atoms with van der Waals surface area (Å²) in [6, 6.07) is 4.28. The third kappa shape index (κ3) is 29.0. The minimum absolute atomic E-state index is 0.623. The highest BCUT2D eigenvalue weighted by Gasteiger charge is 1.93. The highest BCUT2D eigenvalue weighted by atomic mass is 32.1. The van der Waals surface area contributed by atoms with Gasteiger partial charge in [-0.1, -0.05) is 10.3 Å². The normalized spacial score (nSPS) is 9.43. The molecule has 342 valence electrons. The van der Waals surface area contributed by atoms with Crippen LogP contribution >= 0.6 is 45.7 Å². The van der Waals surface area contributed by atoms with Gasteiger partial charge in [-0.3, -0.25) is 0 Å². The number of thiophene rings is 1. The second-order valence-electron chi connectivity index (χ2n) is 12.4. The van der Waals surface area contributed by atoms with E-state index in [1.54, 1.807) is 80.8 Å². The molecule has 9 aromatic rings. The van der Waals surface area contributed by atoms with Crippen LogP contribution in [0.1, 0.15) is 88.3 Å². The molecule has 0 bridgehead atoms. The van der Waals surface area contributed by atoms with Gasteiger partial charge in [-0.2, -0.15) is 28.3 Å². The monoisotopic (exact) mass is 944 g/mol. The topological polar surface area (TPSA) is 281 Å².